The number of halogens is 1. The molecule has 82 valence electrons. The van der Waals surface area contributed by atoms with Crippen molar-refractivity contribution in [2.45, 2.75) is 12.5 Å². The number of carboxylic acids is 1. The lowest BCUT2D eigenvalue weighted by Gasteiger charge is -2.11. The Morgan fingerprint density at radius 3 is 2.87 bits per heavy atom. The first-order chi connectivity index (χ1) is 7.04. The third-order valence-corrected chi connectivity index (χ3v) is 2.00. The quantitative estimate of drug-likeness (QED) is 0.790. The molecule has 1 atom stereocenters. The van der Waals surface area contributed by atoms with Gasteiger partial charge in [-0.25, -0.2) is 4.39 Å². The van der Waals surface area contributed by atoms with E-state index in [1.54, 1.807) is 0 Å². The number of carboxylic acid groups (broad SMARTS) is 1. The Kier molecular flexibility index (Phi) is 3.62. The van der Waals surface area contributed by atoms with Crippen LogP contribution in [0.4, 0.5) is 4.39 Å². The van der Waals surface area contributed by atoms with E-state index in [1.807, 2.05) is 0 Å². The highest BCUT2D eigenvalue weighted by Gasteiger charge is 2.15. The van der Waals surface area contributed by atoms with Crippen LogP contribution in [0.15, 0.2) is 18.2 Å². The van der Waals surface area contributed by atoms with Crippen molar-refractivity contribution in [2.75, 3.05) is 7.11 Å². The van der Waals surface area contributed by atoms with Crippen molar-refractivity contribution < 1.29 is 19.0 Å². The van der Waals surface area contributed by atoms with Crippen molar-refractivity contribution in [2.24, 2.45) is 5.73 Å². The van der Waals surface area contributed by atoms with Gasteiger partial charge in [0.15, 0.2) is 0 Å². The monoisotopic (exact) mass is 213 g/mol. The zero-order chi connectivity index (χ0) is 11.4. The SMILES string of the molecule is COc1ccc(F)c(C(N)CC(=O)O)c1. The third-order valence-electron chi connectivity index (χ3n) is 2.00. The van der Waals surface area contributed by atoms with E-state index in [0.29, 0.717) is 5.75 Å². The second kappa shape index (κ2) is 4.75. The van der Waals surface area contributed by atoms with E-state index in [9.17, 15) is 9.18 Å². The Labute approximate surface area is 86.5 Å². The van der Waals surface area contributed by atoms with Crippen LogP contribution in [0.2, 0.25) is 0 Å². The Balaban J connectivity index is 2.95. The summed E-state index contributed by atoms with van der Waals surface area (Å²) >= 11 is 0. The van der Waals surface area contributed by atoms with Crippen molar-refractivity contribution in [1.82, 2.24) is 0 Å². The molecule has 0 bridgehead atoms. The minimum Gasteiger partial charge on any atom is -0.497 e. The number of rotatable bonds is 4. The van der Waals surface area contributed by atoms with Gasteiger partial charge in [0.1, 0.15) is 11.6 Å². The molecule has 1 unspecified atom stereocenters. The van der Waals surface area contributed by atoms with Crippen molar-refractivity contribution in [3.63, 3.8) is 0 Å². The van der Waals surface area contributed by atoms with Crippen molar-refractivity contribution in [3.05, 3.63) is 29.6 Å². The fraction of sp³-hybridized carbons (Fsp3) is 0.300. The number of aliphatic carboxylic acids is 1. The molecule has 4 nitrogen and oxygen atoms in total. The molecule has 0 fully saturated rings. The molecule has 15 heavy (non-hydrogen) atoms. The standard InChI is InChI=1S/C10H12FNO3/c1-15-6-2-3-8(11)7(4-6)9(12)5-10(13)14/h2-4,9H,5,12H2,1H3,(H,13,14). The van der Waals surface area contributed by atoms with Crippen molar-refractivity contribution in [3.8, 4) is 5.75 Å². The minimum atomic E-state index is -1.07. The van der Waals surface area contributed by atoms with Crippen LogP contribution < -0.4 is 10.5 Å². The highest BCUT2D eigenvalue weighted by atomic mass is 19.1. The molecular formula is C10H12FNO3. The number of hydrogen-bond acceptors (Lipinski definition) is 3. The maximum absolute atomic E-state index is 13.3. The van der Waals surface area contributed by atoms with E-state index < -0.39 is 17.8 Å². The lowest BCUT2D eigenvalue weighted by Crippen LogP contribution is -2.16. The van der Waals surface area contributed by atoms with Gasteiger partial charge in [-0.05, 0) is 18.2 Å². The largest absolute Gasteiger partial charge is 0.497 e. The van der Waals surface area contributed by atoms with E-state index in [-0.39, 0.29) is 12.0 Å². The minimum absolute atomic E-state index is 0.150. The smallest absolute Gasteiger partial charge is 0.305 e. The van der Waals surface area contributed by atoms with Crippen LogP contribution in [0.1, 0.15) is 18.0 Å². The molecule has 1 rings (SSSR count). The zero-order valence-corrected chi connectivity index (χ0v) is 8.24. The van der Waals surface area contributed by atoms with Crippen LogP contribution in [-0.4, -0.2) is 18.2 Å². The summed E-state index contributed by atoms with van der Waals surface area (Å²) in [5.41, 5.74) is 5.69. The number of hydrogen-bond donors (Lipinski definition) is 2. The van der Waals surface area contributed by atoms with Gasteiger partial charge in [0.2, 0.25) is 0 Å². The Morgan fingerprint density at radius 2 is 2.33 bits per heavy atom. The van der Waals surface area contributed by atoms with E-state index in [2.05, 4.69) is 0 Å². The first kappa shape index (κ1) is 11.5. The van der Waals surface area contributed by atoms with Crippen molar-refractivity contribution in [1.29, 1.82) is 0 Å². The molecule has 0 amide bonds. The second-order valence-corrected chi connectivity index (χ2v) is 3.09. The number of benzene rings is 1. The average molecular weight is 213 g/mol. The van der Waals surface area contributed by atoms with Gasteiger partial charge in [-0.2, -0.15) is 0 Å². The van der Waals surface area contributed by atoms with Crippen LogP contribution in [0.25, 0.3) is 0 Å². The molecule has 1 aromatic rings. The zero-order valence-electron chi connectivity index (χ0n) is 8.24. The highest BCUT2D eigenvalue weighted by molar-refractivity contribution is 5.68. The van der Waals surface area contributed by atoms with Gasteiger partial charge in [-0.1, -0.05) is 0 Å². The second-order valence-electron chi connectivity index (χ2n) is 3.09. The Hall–Kier alpha value is -1.62. The van der Waals surface area contributed by atoms with Gasteiger partial charge < -0.3 is 15.6 Å². The molecule has 0 aliphatic rings. The molecule has 0 spiro atoms. The molecular weight excluding hydrogens is 201 g/mol. The molecule has 0 heterocycles. The van der Waals surface area contributed by atoms with Gasteiger partial charge >= 0.3 is 5.97 Å². The lowest BCUT2D eigenvalue weighted by atomic mass is 10.0. The molecule has 0 saturated carbocycles. The molecule has 0 aromatic heterocycles. The van der Waals surface area contributed by atoms with Crippen LogP contribution in [0.3, 0.4) is 0 Å². The van der Waals surface area contributed by atoms with Gasteiger partial charge in [-0.3, -0.25) is 4.79 Å². The maximum Gasteiger partial charge on any atom is 0.305 e. The van der Waals surface area contributed by atoms with Gasteiger partial charge in [0.05, 0.1) is 13.5 Å². The first-order valence-corrected chi connectivity index (χ1v) is 4.35. The summed E-state index contributed by atoms with van der Waals surface area (Å²) in [4.78, 5) is 10.4. The van der Waals surface area contributed by atoms with Gasteiger partial charge in [-0.15, -0.1) is 0 Å². The van der Waals surface area contributed by atoms with E-state index in [4.69, 9.17) is 15.6 Å². The summed E-state index contributed by atoms with van der Waals surface area (Å²) in [5.74, 6) is -1.14. The molecule has 1 aromatic carbocycles. The Morgan fingerprint density at radius 1 is 1.67 bits per heavy atom. The molecule has 5 heteroatoms. The summed E-state index contributed by atoms with van der Waals surface area (Å²) < 4.78 is 18.2. The van der Waals surface area contributed by atoms with Gasteiger partial charge in [0.25, 0.3) is 0 Å². The van der Waals surface area contributed by atoms with E-state index in [1.165, 1.54) is 25.3 Å². The van der Waals surface area contributed by atoms with Crippen LogP contribution in [-0.2, 0) is 4.79 Å². The number of methoxy groups -OCH3 is 1. The average Bonchev–Trinajstić information content (AvgIpc) is 2.17. The molecule has 0 saturated heterocycles. The predicted octanol–water partition coefficient (Wildman–Crippen LogP) is 1.31. The Bertz CT molecular complexity index is 368. The topological polar surface area (TPSA) is 72.5 Å². The van der Waals surface area contributed by atoms with E-state index in [0.717, 1.165) is 0 Å². The molecule has 0 aliphatic heterocycles. The first-order valence-electron chi connectivity index (χ1n) is 4.35. The van der Waals surface area contributed by atoms with Crippen LogP contribution >= 0.6 is 0 Å². The number of nitrogens with two attached hydrogens (primary N) is 1. The third kappa shape index (κ3) is 2.92. The summed E-state index contributed by atoms with van der Waals surface area (Å²) in [6.07, 6.45) is -0.315. The maximum atomic E-state index is 13.3. The number of ether oxygens (including phenoxy) is 1. The molecule has 3 N–H and O–H groups in total. The normalized spacial score (nSPS) is 12.2. The predicted molar refractivity (Wildman–Crippen MR) is 52.1 cm³/mol. The fourth-order valence-corrected chi connectivity index (χ4v) is 1.23. The van der Waals surface area contributed by atoms with Crippen molar-refractivity contribution >= 4 is 5.97 Å². The van der Waals surface area contributed by atoms with Crippen LogP contribution in [0.5, 0.6) is 5.75 Å². The summed E-state index contributed by atoms with van der Waals surface area (Å²) in [5, 5.41) is 8.53. The summed E-state index contributed by atoms with van der Waals surface area (Å²) in [6.45, 7) is 0. The van der Waals surface area contributed by atoms with Crippen LogP contribution in [0, 0.1) is 5.82 Å². The molecule has 0 radical (unpaired) electrons. The summed E-state index contributed by atoms with van der Waals surface area (Å²) in [6, 6.07) is 3.20. The van der Waals surface area contributed by atoms with Gasteiger partial charge in [0, 0.05) is 11.6 Å². The molecule has 0 aliphatic carbocycles. The highest BCUT2D eigenvalue weighted by Crippen LogP contribution is 2.22. The lowest BCUT2D eigenvalue weighted by molar-refractivity contribution is -0.137. The van der Waals surface area contributed by atoms with E-state index >= 15 is 0 Å². The number of carbonyl (C=O) groups is 1. The fourth-order valence-electron chi connectivity index (χ4n) is 1.23. The summed E-state index contributed by atoms with van der Waals surface area (Å²) in [7, 11) is 1.44.